The van der Waals surface area contributed by atoms with Crippen LogP contribution >= 0.6 is 0 Å². The normalized spacial score (nSPS) is 16.2. The minimum Gasteiger partial charge on any atom is -0.368 e. The van der Waals surface area contributed by atoms with Crippen molar-refractivity contribution in [2.45, 2.75) is 25.4 Å². The molecule has 0 fully saturated rings. The number of nitrogens with zero attached hydrogens (tertiary/aromatic N) is 2. The topological polar surface area (TPSA) is 107 Å². The van der Waals surface area contributed by atoms with Gasteiger partial charge in [-0.3, -0.25) is 19.7 Å². The SMILES string of the molecule is NC(=O)[C@@H]1Cc2ccccc2CN1C(=O)Cc1ccc([N+](=O)[O-])cc1. The molecule has 0 bridgehead atoms. The van der Waals surface area contributed by atoms with E-state index >= 15 is 0 Å². The fourth-order valence-corrected chi connectivity index (χ4v) is 3.05. The average Bonchev–Trinajstić information content (AvgIpc) is 2.61. The predicted molar refractivity (Wildman–Crippen MR) is 90.5 cm³/mol. The molecule has 7 heteroatoms. The van der Waals surface area contributed by atoms with Crippen LogP contribution in [0.3, 0.4) is 0 Å². The van der Waals surface area contributed by atoms with Crippen LogP contribution in [0.15, 0.2) is 48.5 Å². The van der Waals surface area contributed by atoms with E-state index in [2.05, 4.69) is 0 Å². The lowest BCUT2D eigenvalue weighted by Gasteiger charge is -2.35. The monoisotopic (exact) mass is 339 g/mol. The number of nitrogens with two attached hydrogens (primary N) is 1. The molecule has 1 aliphatic heterocycles. The highest BCUT2D eigenvalue weighted by Crippen LogP contribution is 2.24. The maximum Gasteiger partial charge on any atom is 0.269 e. The van der Waals surface area contributed by atoms with Crippen molar-refractivity contribution in [3.8, 4) is 0 Å². The van der Waals surface area contributed by atoms with Crippen LogP contribution in [0.5, 0.6) is 0 Å². The molecule has 128 valence electrons. The molecular weight excluding hydrogens is 322 g/mol. The van der Waals surface area contributed by atoms with Gasteiger partial charge in [0.1, 0.15) is 6.04 Å². The summed E-state index contributed by atoms with van der Waals surface area (Å²) in [6.45, 7) is 0.329. The van der Waals surface area contributed by atoms with E-state index in [1.807, 2.05) is 24.3 Å². The van der Waals surface area contributed by atoms with Gasteiger partial charge in [-0.2, -0.15) is 0 Å². The summed E-state index contributed by atoms with van der Waals surface area (Å²) < 4.78 is 0. The Morgan fingerprint density at radius 2 is 1.76 bits per heavy atom. The Labute approximate surface area is 144 Å². The van der Waals surface area contributed by atoms with Crippen LogP contribution in [-0.4, -0.2) is 27.7 Å². The molecule has 0 unspecified atom stereocenters. The number of benzene rings is 2. The van der Waals surface area contributed by atoms with Crippen molar-refractivity contribution in [1.82, 2.24) is 4.90 Å². The third kappa shape index (κ3) is 3.50. The predicted octanol–water partition coefficient (Wildman–Crippen LogP) is 1.58. The van der Waals surface area contributed by atoms with E-state index in [0.717, 1.165) is 11.1 Å². The molecule has 1 atom stereocenters. The van der Waals surface area contributed by atoms with Crippen molar-refractivity contribution < 1.29 is 14.5 Å². The zero-order valence-corrected chi connectivity index (χ0v) is 13.4. The molecule has 2 amide bonds. The Bertz CT molecular complexity index is 832. The summed E-state index contributed by atoms with van der Waals surface area (Å²) in [5, 5.41) is 10.7. The molecule has 0 aromatic heterocycles. The van der Waals surface area contributed by atoms with Crippen molar-refractivity contribution >= 4 is 17.5 Å². The molecule has 0 radical (unpaired) electrons. The van der Waals surface area contributed by atoms with Crippen molar-refractivity contribution in [2.75, 3.05) is 0 Å². The van der Waals surface area contributed by atoms with Gasteiger partial charge in [0.15, 0.2) is 0 Å². The van der Waals surface area contributed by atoms with E-state index in [1.54, 1.807) is 12.1 Å². The number of primary amides is 1. The third-order valence-corrected chi connectivity index (χ3v) is 4.40. The number of rotatable bonds is 4. The van der Waals surface area contributed by atoms with Crippen molar-refractivity contribution in [3.63, 3.8) is 0 Å². The highest BCUT2D eigenvalue weighted by molar-refractivity contribution is 5.88. The molecule has 2 aromatic rings. The Kier molecular flexibility index (Phi) is 4.47. The van der Waals surface area contributed by atoms with Gasteiger partial charge in [-0.05, 0) is 16.7 Å². The molecular formula is C18H17N3O4. The second kappa shape index (κ2) is 6.72. The molecule has 7 nitrogen and oxygen atoms in total. The maximum absolute atomic E-state index is 12.7. The van der Waals surface area contributed by atoms with Crippen molar-refractivity contribution in [3.05, 3.63) is 75.3 Å². The summed E-state index contributed by atoms with van der Waals surface area (Å²) in [5.41, 5.74) is 8.13. The molecule has 0 aliphatic carbocycles. The molecule has 0 saturated heterocycles. The van der Waals surface area contributed by atoms with E-state index in [0.29, 0.717) is 18.5 Å². The third-order valence-electron chi connectivity index (χ3n) is 4.40. The van der Waals surface area contributed by atoms with Gasteiger partial charge < -0.3 is 10.6 Å². The first-order chi connectivity index (χ1) is 12.0. The number of non-ortho nitro benzene ring substituents is 1. The molecule has 2 N–H and O–H groups in total. The first kappa shape index (κ1) is 16.6. The van der Waals surface area contributed by atoms with E-state index in [-0.39, 0.29) is 18.0 Å². The number of nitro benzene ring substituents is 1. The Morgan fingerprint density at radius 1 is 1.12 bits per heavy atom. The summed E-state index contributed by atoms with van der Waals surface area (Å²) in [6.07, 6.45) is 0.460. The number of hydrogen-bond donors (Lipinski definition) is 1. The number of nitro groups is 1. The van der Waals surface area contributed by atoms with Crippen LogP contribution in [0, 0.1) is 10.1 Å². The van der Waals surface area contributed by atoms with Gasteiger partial charge >= 0.3 is 0 Å². The van der Waals surface area contributed by atoms with Gasteiger partial charge in [0.25, 0.3) is 5.69 Å². The van der Waals surface area contributed by atoms with E-state index in [1.165, 1.54) is 17.0 Å². The van der Waals surface area contributed by atoms with Crippen LogP contribution in [0.2, 0.25) is 0 Å². The first-order valence-electron chi connectivity index (χ1n) is 7.84. The summed E-state index contributed by atoms with van der Waals surface area (Å²) in [7, 11) is 0. The van der Waals surface area contributed by atoms with E-state index in [4.69, 9.17) is 5.73 Å². The number of hydrogen-bond acceptors (Lipinski definition) is 4. The Balaban J connectivity index is 1.80. The van der Waals surface area contributed by atoms with Gasteiger partial charge in [0, 0.05) is 25.1 Å². The standard InChI is InChI=1S/C18H17N3O4/c19-18(23)16-10-13-3-1-2-4-14(13)11-20(16)17(22)9-12-5-7-15(8-6-12)21(24)25/h1-8,16H,9-11H2,(H2,19,23)/t16-/m0/s1. The minimum atomic E-state index is -0.680. The lowest BCUT2D eigenvalue weighted by Crippen LogP contribution is -2.51. The Hall–Kier alpha value is -3.22. The summed E-state index contributed by atoms with van der Waals surface area (Å²) in [6, 6.07) is 12.8. The van der Waals surface area contributed by atoms with Gasteiger partial charge in [-0.15, -0.1) is 0 Å². The lowest BCUT2D eigenvalue weighted by atomic mass is 9.93. The summed E-state index contributed by atoms with van der Waals surface area (Å²) >= 11 is 0. The van der Waals surface area contributed by atoms with Crippen LogP contribution < -0.4 is 5.73 Å². The van der Waals surface area contributed by atoms with Crippen LogP contribution in [0.25, 0.3) is 0 Å². The van der Waals surface area contributed by atoms with E-state index < -0.39 is 16.9 Å². The lowest BCUT2D eigenvalue weighted by molar-refractivity contribution is -0.384. The zero-order valence-electron chi connectivity index (χ0n) is 13.4. The fourth-order valence-electron chi connectivity index (χ4n) is 3.05. The quantitative estimate of drug-likeness (QED) is 0.674. The maximum atomic E-state index is 12.7. The molecule has 0 saturated carbocycles. The highest BCUT2D eigenvalue weighted by Gasteiger charge is 2.33. The van der Waals surface area contributed by atoms with Crippen LogP contribution in [0.1, 0.15) is 16.7 Å². The van der Waals surface area contributed by atoms with E-state index in [9.17, 15) is 19.7 Å². The van der Waals surface area contributed by atoms with Crippen LogP contribution in [0.4, 0.5) is 5.69 Å². The van der Waals surface area contributed by atoms with Gasteiger partial charge in [-0.1, -0.05) is 36.4 Å². The largest absolute Gasteiger partial charge is 0.368 e. The van der Waals surface area contributed by atoms with Crippen molar-refractivity contribution in [2.24, 2.45) is 5.73 Å². The zero-order chi connectivity index (χ0) is 18.0. The van der Waals surface area contributed by atoms with Gasteiger partial charge in [-0.25, -0.2) is 0 Å². The smallest absolute Gasteiger partial charge is 0.269 e. The molecule has 3 rings (SSSR count). The van der Waals surface area contributed by atoms with Gasteiger partial charge in [0.05, 0.1) is 11.3 Å². The molecule has 25 heavy (non-hydrogen) atoms. The van der Waals surface area contributed by atoms with Crippen LogP contribution in [-0.2, 0) is 29.0 Å². The first-order valence-corrected chi connectivity index (χ1v) is 7.84. The van der Waals surface area contributed by atoms with Crippen molar-refractivity contribution in [1.29, 1.82) is 0 Å². The second-order valence-electron chi connectivity index (χ2n) is 6.01. The number of fused-ring (bicyclic) bond motifs is 1. The minimum absolute atomic E-state index is 0.0295. The van der Waals surface area contributed by atoms with Gasteiger partial charge in [0.2, 0.25) is 11.8 Å². The highest BCUT2D eigenvalue weighted by atomic mass is 16.6. The molecule has 0 spiro atoms. The Morgan fingerprint density at radius 3 is 2.36 bits per heavy atom. The average molecular weight is 339 g/mol. The number of carbonyl (C=O) groups is 2. The molecule has 1 heterocycles. The summed E-state index contributed by atoms with van der Waals surface area (Å²) in [5.74, 6) is -0.765. The number of amides is 2. The molecule has 1 aliphatic rings. The fraction of sp³-hybridized carbons (Fsp3) is 0.222. The second-order valence-corrected chi connectivity index (χ2v) is 6.01. The molecule has 2 aromatic carbocycles. The summed E-state index contributed by atoms with van der Waals surface area (Å²) in [4.78, 5) is 36.2. The number of carbonyl (C=O) groups excluding carboxylic acids is 2.